The van der Waals surface area contributed by atoms with E-state index in [0.29, 0.717) is 18.0 Å². The van der Waals surface area contributed by atoms with Gasteiger partial charge < -0.3 is 30.7 Å². The Balaban J connectivity index is 1.43. The van der Waals surface area contributed by atoms with Crippen LogP contribution in [0.15, 0.2) is 18.5 Å². The number of fused-ring (bicyclic) bond motifs is 1. The predicted molar refractivity (Wildman–Crippen MR) is 108 cm³/mol. The molecule has 2 aromatic rings. The van der Waals surface area contributed by atoms with Crippen LogP contribution < -0.4 is 11.1 Å². The SMILES string of the molecule is N#C[C@@]1(c2ccc3c(N)ncnn23)O[C@H](COC(=O)NCC2CCCCC2)[C@@H](O)[C@H]1O. The number of hydrogen-bond donors (Lipinski definition) is 4. The molecule has 2 fully saturated rings. The molecule has 1 amide bonds. The molecule has 31 heavy (non-hydrogen) atoms. The van der Waals surface area contributed by atoms with Crippen molar-refractivity contribution in [1.29, 1.82) is 5.26 Å². The third kappa shape index (κ3) is 3.89. The number of nitriles is 1. The molecule has 0 bridgehead atoms. The third-order valence-electron chi connectivity index (χ3n) is 6.13. The summed E-state index contributed by atoms with van der Waals surface area (Å²) in [6.45, 7) is 0.216. The van der Waals surface area contributed by atoms with Crippen molar-refractivity contribution in [2.24, 2.45) is 5.92 Å². The minimum absolute atomic E-state index is 0.190. The molecular formula is C20H26N6O5. The monoisotopic (exact) mass is 430 g/mol. The number of aliphatic hydroxyl groups is 2. The number of nitrogens with zero attached hydrogens (tertiary/aromatic N) is 4. The van der Waals surface area contributed by atoms with Crippen LogP contribution in [0.3, 0.4) is 0 Å². The lowest BCUT2D eigenvalue weighted by atomic mass is 9.89. The van der Waals surface area contributed by atoms with Crippen LogP contribution in [0.4, 0.5) is 10.6 Å². The van der Waals surface area contributed by atoms with Gasteiger partial charge in [-0.25, -0.2) is 14.3 Å². The summed E-state index contributed by atoms with van der Waals surface area (Å²) in [6.07, 6.45) is 2.19. The van der Waals surface area contributed by atoms with Crippen LogP contribution in [0, 0.1) is 17.2 Å². The summed E-state index contributed by atoms with van der Waals surface area (Å²) in [5.74, 6) is 0.636. The van der Waals surface area contributed by atoms with Gasteiger partial charge in [-0.1, -0.05) is 19.3 Å². The topological polar surface area (TPSA) is 168 Å². The van der Waals surface area contributed by atoms with E-state index in [0.717, 1.165) is 12.8 Å². The molecule has 0 spiro atoms. The maximum Gasteiger partial charge on any atom is 0.407 e. The number of nitrogens with one attached hydrogen (secondary N) is 1. The van der Waals surface area contributed by atoms with Crippen LogP contribution in [0.2, 0.25) is 0 Å². The van der Waals surface area contributed by atoms with Crippen LogP contribution in [0.5, 0.6) is 0 Å². The van der Waals surface area contributed by atoms with Crippen LogP contribution in [-0.2, 0) is 15.1 Å². The second kappa shape index (κ2) is 8.66. The average Bonchev–Trinajstić information content (AvgIpc) is 3.33. The van der Waals surface area contributed by atoms with E-state index in [1.165, 1.54) is 36.2 Å². The predicted octanol–water partition coefficient (Wildman–Crippen LogP) is 0.457. The zero-order valence-corrected chi connectivity index (χ0v) is 17.0. The molecule has 166 valence electrons. The first-order valence-electron chi connectivity index (χ1n) is 10.4. The Kier molecular flexibility index (Phi) is 5.95. The third-order valence-corrected chi connectivity index (χ3v) is 6.13. The number of nitrogen functional groups attached to an aromatic ring is 1. The molecule has 11 heteroatoms. The number of amides is 1. The maximum atomic E-state index is 12.1. The summed E-state index contributed by atoms with van der Waals surface area (Å²) >= 11 is 0. The van der Waals surface area contributed by atoms with Gasteiger partial charge in [0, 0.05) is 6.54 Å². The van der Waals surface area contributed by atoms with Gasteiger partial charge in [0.2, 0.25) is 5.60 Å². The highest BCUT2D eigenvalue weighted by molar-refractivity contribution is 5.67. The molecule has 2 aromatic heterocycles. The molecule has 1 aliphatic carbocycles. The Hall–Kier alpha value is -2.94. The number of ether oxygens (including phenoxy) is 2. The van der Waals surface area contributed by atoms with E-state index in [-0.39, 0.29) is 18.1 Å². The summed E-state index contributed by atoms with van der Waals surface area (Å²) in [6, 6.07) is 5.07. The average molecular weight is 430 g/mol. The molecule has 5 N–H and O–H groups in total. The molecule has 0 unspecified atom stereocenters. The van der Waals surface area contributed by atoms with Gasteiger partial charge >= 0.3 is 6.09 Å². The molecular weight excluding hydrogens is 404 g/mol. The van der Waals surface area contributed by atoms with Gasteiger partial charge in [0.15, 0.2) is 5.82 Å². The van der Waals surface area contributed by atoms with Crippen molar-refractivity contribution in [2.75, 3.05) is 18.9 Å². The number of rotatable bonds is 5. The molecule has 2 aliphatic rings. The van der Waals surface area contributed by atoms with E-state index in [4.69, 9.17) is 15.2 Å². The molecule has 3 heterocycles. The van der Waals surface area contributed by atoms with Gasteiger partial charge in [0.05, 0.1) is 5.69 Å². The van der Waals surface area contributed by atoms with Crippen molar-refractivity contribution >= 4 is 17.4 Å². The molecule has 1 saturated heterocycles. The molecule has 0 radical (unpaired) electrons. The summed E-state index contributed by atoms with van der Waals surface area (Å²) < 4.78 is 12.3. The van der Waals surface area contributed by atoms with E-state index in [1.54, 1.807) is 6.07 Å². The molecule has 1 aliphatic heterocycles. The molecule has 0 aromatic carbocycles. The molecule has 11 nitrogen and oxygen atoms in total. The van der Waals surface area contributed by atoms with E-state index in [2.05, 4.69) is 15.4 Å². The van der Waals surface area contributed by atoms with Gasteiger partial charge in [0.25, 0.3) is 0 Å². The second-order valence-electron chi connectivity index (χ2n) is 8.08. The van der Waals surface area contributed by atoms with Gasteiger partial charge in [-0.15, -0.1) is 0 Å². The lowest BCUT2D eigenvalue weighted by molar-refractivity contribution is -0.0659. The van der Waals surface area contributed by atoms with Crippen LogP contribution in [-0.4, -0.2) is 62.4 Å². The van der Waals surface area contributed by atoms with Crippen molar-refractivity contribution < 1.29 is 24.5 Å². The first-order valence-corrected chi connectivity index (χ1v) is 10.4. The number of carbonyl (C=O) groups excluding carboxylic acids is 1. The normalized spacial score (nSPS) is 29.0. The van der Waals surface area contributed by atoms with Crippen LogP contribution in [0.25, 0.3) is 5.52 Å². The van der Waals surface area contributed by atoms with Gasteiger partial charge in [-0.05, 0) is 30.9 Å². The van der Waals surface area contributed by atoms with Crippen molar-refractivity contribution in [3.8, 4) is 6.07 Å². The van der Waals surface area contributed by atoms with Gasteiger partial charge in [0.1, 0.15) is 42.8 Å². The molecule has 1 saturated carbocycles. The van der Waals surface area contributed by atoms with Crippen molar-refractivity contribution in [3.05, 3.63) is 24.2 Å². The Labute approximate surface area is 178 Å². The summed E-state index contributed by atoms with van der Waals surface area (Å²) in [4.78, 5) is 16.0. The fraction of sp³-hybridized carbons (Fsp3) is 0.600. The van der Waals surface area contributed by atoms with Crippen molar-refractivity contribution in [1.82, 2.24) is 19.9 Å². The highest BCUT2D eigenvalue weighted by Crippen LogP contribution is 2.40. The minimum atomic E-state index is -1.92. The zero-order chi connectivity index (χ0) is 22.0. The Morgan fingerprint density at radius 1 is 1.39 bits per heavy atom. The molecule has 4 atom stereocenters. The molecule has 4 rings (SSSR count). The van der Waals surface area contributed by atoms with Crippen molar-refractivity contribution in [3.63, 3.8) is 0 Å². The highest BCUT2D eigenvalue weighted by Gasteiger charge is 2.57. The Morgan fingerprint density at radius 2 is 2.16 bits per heavy atom. The first-order chi connectivity index (χ1) is 15.0. The van der Waals surface area contributed by atoms with Gasteiger partial charge in [-0.3, -0.25) is 0 Å². The lowest BCUT2D eigenvalue weighted by Crippen LogP contribution is -2.41. The first kappa shape index (κ1) is 21.3. The zero-order valence-electron chi connectivity index (χ0n) is 17.0. The van der Waals surface area contributed by atoms with Crippen LogP contribution in [0.1, 0.15) is 37.8 Å². The quantitative estimate of drug-likeness (QED) is 0.526. The summed E-state index contributed by atoms with van der Waals surface area (Å²) in [7, 11) is 0. The standard InChI is InChI=1S/C20H26N6O5/c21-10-20(15-7-6-13-18(22)24-11-25-26(13)15)17(28)16(27)14(31-20)9-30-19(29)23-8-12-4-2-1-3-5-12/h6-7,11-12,14,16-17,27-28H,1-5,8-9H2,(H,23,29)(H2,22,24,25)/t14-,16-,17-,20+/m1/s1. The Bertz CT molecular complexity index is 984. The number of nitrogens with two attached hydrogens (primary N) is 1. The minimum Gasteiger partial charge on any atom is -0.447 e. The number of aromatic nitrogens is 3. The van der Waals surface area contributed by atoms with E-state index in [9.17, 15) is 20.3 Å². The summed E-state index contributed by atoms with van der Waals surface area (Å²) in [5.41, 5.74) is 4.54. The lowest BCUT2D eigenvalue weighted by Gasteiger charge is -2.24. The largest absolute Gasteiger partial charge is 0.447 e. The second-order valence-corrected chi connectivity index (χ2v) is 8.08. The van der Waals surface area contributed by atoms with Crippen molar-refractivity contribution in [2.45, 2.75) is 56.0 Å². The number of aliphatic hydroxyl groups excluding tert-OH is 2. The highest BCUT2D eigenvalue weighted by atomic mass is 16.6. The van der Waals surface area contributed by atoms with E-state index >= 15 is 0 Å². The number of hydrogen-bond acceptors (Lipinski definition) is 9. The van der Waals surface area contributed by atoms with Gasteiger partial charge in [-0.2, -0.15) is 10.4 Å². The number of anilines is 1. The number of alkyl carbamates (subject to hydrolysis) is 1. The maximum absolute atomic E-state index is 12.1. The Morgan fingerprint density at radius 3 is 2.90 bits per heavy atom. The fourth-order valence-electron chi connectivity index (χ4n) is 4.38. The van der Waals surface area contributed by atoms with E-state index in [1.807, 2.05) is 6.07 Å². The smallest absolute Gasteiger partial charge is 0.407 e. The van der Waals surface area contributed by atoms with Crippen LogP contribution >= 0.6 is 0 Å². The van der Waals surface area contributed by atoms with E-state index < -0.39 is 30.0 Å². The summed E-state index contributed by atoms with van der Waals surface area (Å²) in [5, 5.41) is 37.9. The number of carbonyl (C=O) groups is 1. The fourth-order valence-corrected chi connectivity index (χ4v) is 4.38.